The fourth-order valence-corrected chi connectivity index (χ4v) is 2.40. The first-order valence-electron chi connectivity index (χ1n) is 7.81. The highest BCUT2D eigenvalue weighted by molar-refractivity contribution is 6.32. The van der Waals surface area contributed by atoms with Crippen molar-refractivity contribution < 1.29 is 14.3 Å². The van der Waals surface area contributed by atoms with Crippen LogP contribution in [-0.4, -0.2) is 29.8 Å². The van der Waals surface area contributed by atoms with Gasteiger partial charge in [0.25, 0.3) is 5.91 Å². The van der Waals surface area contributed by atoms with Crippen LogP contribution in [0.5, 0.6) is 11.6 Å². The van der Waals surface area contributed by atoms with Crippen molar-refractivity contribution in [2.75, 3.05) is 19.0 Å². The summed E-state index contributed by atoms with van der Waals surface area (Å²) < 4.78 is 10.4. The van der Waals surface area contributed by atoms with Gasteiger partial charge in [0.15, 0.2) is 6.61 Å². The number of ether oxygens (including phenoxy) is 2. The Morgan fingerprint density at radius 1 is 1.04 bits per heavy atom. The fraction of sp³-hybridized carbons (Fsp3) is 0.105. The molecule has 7 heteroatoms. The lowest BCUT2D eigenvalue weighted by atomic mass is 10.1. The van der Waals surface area contributed by atoms with E-state index in [-0.39, 0.29) is 12.5 Å². The summed E-state index contributed by atoms with van der Waals surface area (Å²) in [5, 5.41) is 11.3. The van der Waals surface area contributed by atoms with Gasteiger partial charge in [-0.05, 0) is 30.3 Å². The summed E-state index contributed by atoms with van der Waals surface area (Å²) in [6.07, 6.45) is 0. The topological polar surface area (TPSA) is 73.3 Å². The summed E-state index contributed by atoms with van der Waals surface area (Å²) in [4.78, 5) is 12.0. The Balaban J connectivity index is 1.58. The molecule has 26 heavy (non-hydrogen) atoms. The number of benzene rings is 2. The van der Waals surface area contributed by atoms with Crippen LogP contribution in [0.1, 0.15) is 0 Å². The minimum atomic E-state index is -0.276. The number of aromatic nitrogens is 2. The number of anilines is 1. The molecular formula is C19H16ClN3O3. The van der Waals surface area contributed by atoms with Gasteiger partial charge in [0.05, 0.1) is 17.8 Å². The first kappa shape index (κ1) is 17.7. The minimum absolute atomic E-state index is 0.130. The van der Waals surface area contributed by atoms with Crippen molar-refractivity contribution in [3.05, 3.63) is 65.7 Å². The smallest absolute Gasteiger partial charge is 0.262 e. The lowest BCUT2D eigenvalue weighted by Crippen LogP contribution is -2.20. The molecule has 0 bridgehead atoms. The Kier molecular flexibility index (Phi) is 5.66. The molecule has 1 aromatic heterocycles. The molecule has 1 heterocycles. The van der Waals surface area contributed by atoms with Crippen molar-refractivity contribution in [2.45, 2.75) is 0 Å². The summed E-state index contributed by atoms with van der Waals surface area (Å²) in [5.74, 6) is 0.649. The molecule has 2 aromatic carbocycles. The van der Waals surface area contributed by atoms with Crippen LogP contribution in [0, 0.1) is 0 Å². The molecule has 132 valence electrons. The van der Waals surface area contributed by atoms with E-state index in [4.69, 9.17) is 21.1 Å². The first-order chi connectivity index (χ1) is 12.7. The molecule has 0 aliphatic heterocycles. The van der Waals surface area contributed by atoms with Crippen LogP contribution in [-0.2, 0) is 4.79 Å². The first-order valence-corrected chi connectivity index (χ1v) is 8.19. The Bertz CT molecular complexity index is 883. The van der Waals surface area contributed by atoms with Crippen LogP contribution < -0.4 is 14.8 Å². The Hall–Kier alpha value is -3.12. The molecule has 0 spiro atoms. The number of methoxy groups -OCH3 is 1. The zero-order valence-corrected chi connectivity index (χ0v) is 14.7. The fourth-order valence-electron chi connectivity index (χ4n) is 2.21. The number of para-hydroxylation sites is 1. The highest BCUT2D eigenvalue weighted by Crippen LogP contribution is 2.23. The number of hydrogen-bond acceptors (Lipinski definition) is 5. The lowest BCUT2D eigenvalue weighted by molar-refractivity contribution is -0.118. The largest absolute Gasteiger partial charge is 0.482 e. The maximum Gasteiger partial charge on any atom is 0.262 e. The second-order valence-corrected chi connectivity index (χ2v) is 5.71. The zero-order chi connectivity index (χ0) is 18.4. The third-order valence-corrected chi connectivity index (χ3v) is 3.82. The summed E-state index contributed by atoms with van der Waals surface area (Å²) in [5.41, 5.74) is 2.25. The molecule has 0 radical (unpaired) electrons. The predicted molar refractivity (Wildman–Crippen MR) is 99.6 cm³/mol. The van der Waals surface area contributed by atoms with Crippen molar-refractivity contribution in [2.24, 2.45) is 0 Å². The molecule has 0 saturated heterocycles. The van der Waals surface area contributed by atoms with Gasteiger partial charge in [0.1, 0.15) is 5.75 Å². The van der Waals surface area contributed by atoms with E-state index >= 15 is 0 Å². The number of rotatable bonds is 6. The molecule has 0 atom stereocenters. The summed E-state index contributed by atoms with van der Waals surface area (Å²) in [7, 11) is 1.54. The van der Waals surface area contributed by atoms with Gasteiger partial charge in [0, 0.05) is 17.3 Å². The Labute approximate surface area is 155 Å². The number of hydrogen-bond donors (Lipinski definition) is 1. The standard InChI is InChI=1S/C19H16ClN3O3/c1-25-19-11-10-16(22-23-19)13-6-8-14(9-7-13)21-18(24)12-26-17-5-3-2-4-15(17)20/h2-11H,12H2,1H3,(H,21,24). The Morgan fingerprint density at radius 3 is 2.46 bits per heavy atom. The number of amides is 1. The van der Waals surface area contributed by atoms with Gasteiger partial charge < -0.3 is 14.8 Å². The number of carbonyl (C=O) groups excluding carboxylic acids is 1. The van der Waals surface area contributed by atoms with E-state index < -0.39 is 0 Å². The average molecular weight is 370 g/mol. The number of halogens is 1. The monoisotopic (exact) mass is 369 g/mol. The molecule has 1 N–H and O–H groups in total. The third kappa shape index (κ3) is 4.49. The van der Waals surface area contributed by atoms with Crippen molar-refractivity contribution >= 4 is 23.2 Å². The van der Waals surface area contributed by atoms with Crippen LogP contribution in [0.25, 0.3) is 11.3 Å². The van der Waals surface area contributed by atoms with E-state index in [0.717, 1.165) is 5.56 Å². The maximum absolute atomic E-state index is 12.0. The predicted octanol–water partition coefficient (Wildman–Crippen LogP) is 3.82. The van der Waals surface area contributed by atoms with Crippen molar-refractivity contribution in [1.29, 1.82) is 0 Å². The quantitative estimate of drug-likeness (QED) is 0.715. The van der Waals surface area contributed by atoms with Crippen LogP contribution in [0.2, 0.25) is 5.02 Å². The molecule has 3 aromatic rings. The van der Waals surface area contributed by atoms with Crippen LogP contribution in [0.3, 0.4) is 0 Å². The zero-order valence-electron chi connectivity index (χ0n) is 14.0. The molecular weight excluding hydrogens is 354 g/mol. The van der Waals surface area contributed by atoms with Crippen LogP contribution in [0.15, 0.2) is 60.7 Å². The van der Waals surface area contributed by atoms with Crippen molar-refractivity contribution in [1.82, 2.24) is 10.2 Å². The molecule has 0 aliphatic rings. The number of carbonyl (C=O) groups is 1. The van der Waals surface area contributed by atoms with Gasteiger partial charge in [0.2, 0.25) is 5.88 Å². The van der Waals surface area contributed by atoms with Gasteiger partial charge in [-0.15, -0.1) is 10.2 Å². The van der Waals surface area contributed by atoms with E-state index in [1.54, 1.807) is 42.5 Å². The lowest BCUT2D eigenvalue weighted by Gasteiger charge is -2.09. The summed E-state index contributed by atoms with van der Waals surface area (Å²) >= 11 is 5.99. The van der Waals surface area contributed by atoms with E-state index in [2.05, 4.69) is 15.5 Å². The van der Waals surface area contributed by atoms with Crippen LogP contribution >= 0.6 is 11.6 Å². The molecule has 0 fully saturated rings. The summed E-state index contributed by atoms with van der Waals surface area (Å²) in [6, 6.07) is 17.8. The van der Waals surface area contributed by atoms with Gasteiger partial charge in [-0.2, -0.15) is 0 Å². The van der Waals surface area contributed by atoms with E-state index in [1.165, 1.54) is 7.11 Å². The average Bonchev–Trinajstić information content (AvgIpc) is 2.68. The number of nitrogens with one attached hydrogen (secondary N) is 1. The molecule has 1 amide bonds. The second-order valence-electron chi connectivity index (χ2n) is 5.31. The van der Waals surface area contributed by atoms with Gasteiger partial charge in [-0.25, -0.2) is 0 Å². The van der Waals surface area contributed by atoms with Crippen molar-refractivity contribution in [3.63, 3.8) is 0 Å². The highest BCUT2D eigenvalue weighted by Gasteiger charge is 2.07. The van der Waals surface area contributed by atoms with Gasteiger partial charge in [-0.1, -0.05) is 35.9 Å². The summed E-state index contributed by atoms with van der Waals surface area (Å²) in [6.45, 7) is -0.130. The van der Waals surface area contributed by atoms with E-state index in [0.29, 0.717) is 28.0 Å². The second kappa shape index (κ2) is 8.31. The van der Waals surface area contributed by atoms with Gasteiger partial charge in [-0.3, -0.25) is 4.79 Å². The highest BCUT2D eigenvalue weighted by atomic mass is 35.5. The number of nitrogens with zero attached hydrogens (tertiary/aromatic N) is 2. The molecule has 0 aliphatic carbocycles. The van der Waals surface area contributed by atoms with Crippen LogP contribution in [0.4, 0.5) is 5.69 Å². The van der Waals surface area contributed by atoms with Gasteiger partial charge >= 0.3 is 0 Å². The van der Waals surface area contributed by atoms with E-state index in [1.807, 2.05) is 18.2 Å². The van der Waals surface area contributed by atoms with E-state index in [9.17, 15) is 4.79 Å². The molecule has 3 rings (SSSR count). The minimum Gasteiger partial charge on any atom is -0.482 e. The maximum atomic E-state index is 12.0. The normalized spacial score (nSPS) is 10.2. The Morgan fingerprint density at radius 2 is 1.81 bits per heavy atom. The SMILES string of the molecule is COc1ccc(-c2ccc(NC(=O)COc3ccccc3Cl)cc2)nn1. The van der Waals surface area contributed by atoms with Crippen molar-refractivity contribution in [3.8, 4) is 22.9 Å². The third-order valence-electron chi connectivity index (χ3n) is 3.51. The molecule has 0 unspecified atom stereocenters. The molecule has 0 saturated carbocycles. The molecule has 6 nitrogen and oxygen atoms in total.